The van der Waals surface area contributed by atoms with Gasteiger partial charge in [-0.25, -0.2) is 15.0 Å². The molecule has 4 heterocycles. The van der Waals surface area contributed by atoms with Crippen LogP contribution in [0, 0.1) is 0 Å². The molecule has 1 aliphatic rings. The van der Waals surface area contributed by atoms with E-state index in [1.54, 1.807) is 41.8 Å². The summed E-state index contributed by atoms with van der Waals surface area (Å²) in [4.78, 5) is 46.7. The van der Waals surface area contributed by atoms with Gasteiger partial charge in [0, 0.05) is 48.9 Å². The number of aromatic nitrogens is 5. The maximum atomic E-state index is 12.8. The number of hydrogen-bond donors (Lipinski definition) is 1. The number of hydrogen-bond acceptors (Lipinski definition) is 6. The zero-order chi connectivity index (χ0) is 18.8. The Bertz CT molecular complexity index is 1030. The highest BCUT2D eigenvalue weighted by Gasteiger charge is 2.25. The lowest BCUT2D eigenvalue weighted by Crippen LogP contribution is -2.39. The van der Waals surface area contributed by atoms with Crippen molar-refractivity contribution in [3.05, 3.63) is 69.9 Å². The number of nitrogens with zero attached hydrogens (tertiary/aromatic N) is 5. The minimum Gasteiger partial charge on any atom is -0.332 e. The van der Waals surface area contributed by atoms with Gasteiger partial charge in [-0.05, 0) is 18.6 Å². The maximum absolute atomic E-state index is 12.8. The van der Waals surface area contributed by atoms with E-state index in [9.17, 15) is 9.59 Å². The van der Waals surface area contributed by atoms with Gasteiger partial charge in [-0.2, -0.15) is 0 Å². The van der Waals surface area contributed by atoms with Crippen molar-refractivity contribution in [3.8, 4) is 11.4 Å². The van der Waals surface area contributed by atoms with Crippen LogP contribution >= 0.6 is 0 Å². The molecule has 0 atom stereocenters. The number of carbonyl (C=O) groups excluding carboxylic acids is 1. The summed E-state index contributed by atoms with van der Waals surface area (Å²) in [5.41, 5.74) is 2.31. The lowest BCUT2D eigenvalue weighted by Gasteiger charge is -2.27. The summed E-state index contributed by atoms with van der Waals surface area (Å²) in [5, 5.41) is 0. The zero-order valence-electron chi connectivity index (χ0n) is 14.8. The summed E-state index contributed by atoms with van der Waals surface area (Å²) in [6, 6.07) is 3.56. The predicted molar refractivity (Wildman–Crippen MR) is 97.9 cm³/mol. The Labute approximate surface area is 155 Å². The first-order valence-electron chi connectivity index (χ1n) is 8.78. The molecule has 136 valence electrons. The van der Waals surface area contributed by atoms with E-state index in [-0.39, 0.29) is 18.0 Å². The second-order valence-corrected chi connectivity index (χ2v) is 6.29. The van der Waals surface area contributed by atoms with Crippen LogP contribution in [0.5, 0.6) is 0 Å². The average Bonchev–Trinajstić information content (AvgIpc) is 2.73. The lowest BCUT2D eigenvalue weighted by molar-refractivity contribution is 0.0730. The van der Waals surface area contributed by atoms with Crippen molar-refractivity contribution in [3.63, 3.8) is 0 Å². The first kappa shape index (κ1) is 17.0. The van der Waals surface area contributed by atoms with Crippen molar-refractivity contribution < 1.29 is 4.79 Å². The highest BCUT2D eigenvalue weighted by Crippen LogP contribution is 2.19. The van der Waals surface area contributed by atoms with Gasteiger partial charge in [-0.15, -0.1) is 0 Å². The summed E-state index contributed by atoms with van der Waals surface area (Å²) in [5.74, 6) is 1.02. The van der Waals surface area contributed by atoms with E-state index in [1.165, 1.54) is 0 Å². The minimum atomic E-state index is -0.158. The van der Waals surface area contributed by atoms with Crippen LogP contribution in [0.1, 0.15) is 34.4 Å². The highest BCUT2D eigenvalue weighted by atomic mass is 16.2. The molecule has 0 saturated carbocycles. The van der Waals surface area contributed by atoms with Gasteiger partial charge in [-0.1, -0.05) is 6.92 Å². The smallest absolute Gasteiger partial charge is 0.257 e. The van der Waals surface area contributed by atoms with Gasteiger partial charge in [0.25, 0.3) is 11.5 Å². The standard InChI is InChI=1S/C19H18N6O2/c1-2-16-21-9-13(10-22-16)19(27)25-8-5-14-15(11-25)23-17(24-18(14)26)12-3-6-20-7-4-12/h3-4,6-7,9-10H,2,5,8,11H2,1H3,(H,23,24,26). The van der Waals surface area contributed by atoms with E-state index in [0.717, 1.165) is 12.0 Å². The number of pyridine rings is 1. The fourth-order valence-corrected chi connectivity index (χ4v) is 3.09. The molecule has 0 aliphatic carbocycles. The third-order valence-corrected chi connectivity index (χ3v) is 4.58. The van der Waals surface area contributed by atoms with Crippen LogP contribution in [0.4, 0.5) is 0 Å². The largest absolute Gasteiger partial charge is 0.332 e. The SMILES string of the molecule is CCc1ncc(C(=O)N2CCc3c(nc(-c4ccncc4)[nH]c3=O)C2)cn1. The Morgan fingerprint density at radius 2 is 1.96 bits per heavy atom. The van der Waals surface area contributed by atoms with Crippen molar-refractivity contribution >= 4 is 5.91 Å². The van der Waals surface area contributed by atoms with E-state index >= 15 is 0 Å². The second kappa shape index (κ2) is 7.06. The van der Waals surface area contributed by atoms with Crippen LogP contribution in [0.2, 0.25) is 0 Å². The number of aryl methyl sites for hydroxylation is 1. The van der Waals surface area contributed by atoms with Crippen molar-refractivity contribution in [2.45, 2.75) is 26.3 Å². The number of carbonyl (C=O) groups is 1. The average molecular weight is 362 g/mol. The maximum Gasteiger partial charge on any atom is 0.257 e. The molecule has 27 heavy (non-hydrogen) atoms. The van der Waals surface area contributed by atoms with E-state index < -0.39 is 0 Å². The number of rotatable bonds is 3. The van der Waals surface area contributed by atoms with E-state index in [4.69, 9.17) is 0 Å². The Morgan fingerprint density at radius 1 is 1.22 bits per heavy atom. The molecule has 3 aromatic rings. The molecule has 0 radical (unpaired) electrons. The molecular formula is C19H18N6O2. The fourth-order valence-electron chi connectivity index (χ4n) is 3.09. The van der Waals surface area contributed by atoms with Gasteiger partial charge in [-0.3, -0.25) is 14.6 Å². The van der Waals surface area contributed by atoms with Crippen LogP contribution in [-0.4, -0.2) is 42.3 Å². The van der Waals surface area contributed by atoms with Gasteiger partial charge in [0.05, 0.1) is 17.8 Å². The summed E-state index contributed by atoms with van der Waals surface area (Å²) < 4.78 is 0. The van der Waals surface area contributed by atoms with Gasteiger partial charge in [0.1, 0.15) is 11.6 Å². The van der Waals surface area contributed by atoms with E-state index in [1.807, 2.05) is 6.92 Å². The Morgan fingerprint density at radius 3 is 2.67 bits per heavy atom. The number of amides is 1. The lowest BCUT2D eigenvalue weighted by atomic mass is 10.1. The second-order valence-electron chi connectivity index (χ2n) is 6.29. The monoisotopic (exact) mass is 362 g/mol. The molecule has 0 bridgehead atoms. The topological polar surface area (TPSA) is 105 Å². The van der Waals surface area contributed by atoms with Gasteiger partial charge in [0.2, 0.25) is 0 Å². The molecular weight excluding hydrogens is 344 g/mol. The predicted octanol–water partition coefficient (Wildman–Crippen LogP) is 1.38. The van der Waals surface area contributed by atoms with Gasteiger partial charge in [0.15, 0.2) is 0 Å². The molecule has 0 saturated heterocycles. The molecule has 1 amide bonds. The van der Waals surface area contributed by atoms with Crippen molar-refractivity contribution in [2.75, 3.05) is 6.54 Å². The molecule has 0 fully saturated rings. The molecule has 1 aliphatic heterocycles. The molecule has 0 unspecified atom stereocenters. The van der Waals surface area contributed by atoms with Gasteiger partial charge < -0.3 is 9.88 Å². The normalized spacial score (nSPS) is 13.3. The Hall–Kier alpha value is -3.42. The summed E-state index contributed by atoms with van der Waals surface area (Å²) in [6.45, 7) is 2.70. The number of nitrogens with one attached hydrogen (secondary N) is 1. The van der Waals surface area contributed by atoms with Crippen LogP contribution in [0.3, 0.4) is 0 Å². The number of aromatic amines is 1. The Kier molecular flexibility index (Phi) is 4.45. The molecule has 3 aromatic heterocycles. The van der Waals surface area contributed by atoms with Crippen molar-refractivity contribution in [1.29, 1.82) is 0 Å². The number of H-pyrrole nitrogens is 1. The molecule has 1 N–H and O–H groups in total. The molecule has 0 spiro atoms. The van der Waals surface area contributed by atoms with Crippen LogP contribution in [0.15, 0.2) is 41.7 Å². The highest BCUT2D eigenvalue weighted by molar-refractivity contribution is 5.93. The Balaban J connectivity index is 1.62. The van der Waals surface area contributed by atoms with Crippen molar-refractivity contribution in [2.24, 2.45) is 0 Å². The molecule has 8 nitrogen and oxygen atoms in total. The third-order valence-electron chi connectivity index (χ3n) is 4.58. The van der Waals surface area contributed by atoms with Crippen LogP contribution in [-0.2, 0) is 19.4 Å². The number of fused-ring (bicyclic) bond motifs is 1. The molecule has 0 aromatic carbocycles. The van der Waals surface area contributed by atoms with E-state index in [0.29, 0.717) is 41.4 Å². The van der Waals surface area contributed by atoms with Crippen molar-refractivity contribution in [1.82, 2.24) is 29.8 Å². The van der Waals surface area contributed by atoms with Crippen LogP contribution < -0.4 is 5.56 Å². The fraction of sp³-hybridized carbons (Fsp3) is 0.263. The molecule has 4 rings (SSSR count). The zero-order valence-corrected chi connectivity index (χ0v) is 14.8. The van der Waals surface area contributed by atoms with E-state index in [2.05, 4.69) is 24.9 Å². The first-order valence-corrected chi connectivity index (χ1v) is 8.78. The quantitative estimate of drug-likeness (QED) is 0.755. The summed E-state index contributed by atoms with van der Waals surface area (Å²) >= 11 is 0. The van der Waals surface area contributed by atoms with Gasteiger partial charge >= 0.3 is 0 Å². The van der Waals surface area contributed by atoms with Crippen LogP contribution in [0.25, 0.3) is 11.4 Å². The third kappa shape index (κ3) is 3.33. The summed E-state index contributed by atoms with van der Waals surface area (Å²) in [7, 11) is 0. The molecule has 8 heteroatoms. The summed E-state index contributed by atoms with van der Waals surface area (Å²) in [6.07, 6.45) is 7.58. The first-order chi connectivity index (χ1) is 13.2. The minimum absolute atomic E-state index is 0.157.